The molecule has 0 unspecified atom stereocenters. The molecule has 0 aliphatic carbocycles. The molecule has 33 heavy (non-hydrogen) atoms. The molecule has 15 heteroatoms. The Balaban J connectivity index is 1.59. The fourth-order valence-corrected chi connectivity index (χ4v) is 3.79. The molecule has 1 aliphatic heterocycles. The summed E-state index contributed by atoms with van der Waals surface area (Å²) >= 11 is 0. The molecule has 3 heterocycles. The van der Waals surface area contributed by atoms with Gasteiger partial charge in [0, 0.05) is 13.0 Å². The van der Waals surface area contributed by atoms with Crippen molar-refractivity contribution in [2.45, 2.75) is 57.1 Å². The second-order valence-electron chi connectivity index (χ2n) is 7.42. The van der Waals surface area contributed by atoms with Crippen LogP contribution in [-0.4, -0.2) is 83.6 Å². The molecule has 14 nitrogen and oxygen atoms in total. The number of esters is 1. The summed E-state index contributed by atoms with van der Waals surface area (Å²) < 4.78 is 27.2. The Morgan fingerprint density at radius 2 is 2.00 bits per heavy atom. The number of carbonyl (C=O) groups excluding carboxylic acids is 1. The summed E-state index contributed by atoms with van der Waals surface area (Å²) in [5.74, 6) is 0.268. The minimum Gasteiger partial charge on any atom is -0.466 e. The Kier molecular flexibility index (Phi) is 8.70. The average molecular weight is 489 g/mol. The summed E-state index contributed by atoms with van der Waals surface area (Å²) in [6, 6.07) is 0. The molecule has 184 valence electrons. The highest BCUT2D eigenvalue weighted by atomic mass is 31.2. The number of hydrogen-bond acceptors (Lipinski definition) is 11. The second-order valence-corrected chi connectivity index (χ2v) is 8.66. The molecule has 3 rings (SSSR count). The lowest BCUT2D eigenvalue weighted by atomic mass is 10.1. The van der Waals surface area contributed by atoms with Crippen LogP contribution in [0.1, 0.15) is 38.8 Å². The number of aliphatic hydroxyl groups excluding tert-OH is 2. The molecule has 0 spiro atoms. The smallest absolute Gasteiger partial charge is 0.466 e. The van der Waals surface area contributed by atoms with Gasteiger partial charge in [0.25, 0.3) is 0 Å². The number of unbranched alkanes of at least 4 members (excludes halogenated alkanes) is 2. The van der Waals surface area contributed by atoms with E-state index in [9.17, 15) is 19.6 Å². The lowest BCUT2D eigenvalue weighted by molar-refractivity contribution is -0.143. The molecule has 0 saturated carbocycles. The number of aromatic nitrogens is 4. The molecule has 2 aromatic heterocycles. The molecule has 1 aliphatic rings. The van der Waals surface area contributed by atoms with Crippen LogP contribution < -0.4 is 5.32 Å². The number of phosphoric acid groups is 1. The average Bonchev–Trinajstić information content (AvgIpc) is 3.30. The maximum atomic E-state index is 11.3. The summed E-state index contributed by atoms with van der Waals surface area (Å²) in [4.78, 5) is 41.7. The number of imidazole rings is 1. The van der Waals surface area contributed by atoms with E-state index in [1.165, 1.54) is 17.2 Å². The van der Waals surface area contributed by atoms with Crippen molar-refractivity contribution in [2.75, 3.05) is 25.1 Å². The topological polar surface area (TPSA) is 198 Å². The number of hydrogen-bond donors (Lipinski definition) is 5. The van der Waals surface area contributed by atoms with Crippen LogP contribution in [0.15, 0.2) is 12.7 Å². The predicted octanol–water partition coefficient (Wildman–Crippen LogP) is 0.0902. The third kappa shape index (κ3) is 6.67. The predicted molar refractivity (Wildman–Crippen MR) is 113 cm³/mol. The standard InChI is InChI=1S/C18H28N5O9P/c1-2-30-12(24)6-4-3-5-7-19-16-13-17(21-9-20-16)23(10-22-13)18-15(26)14(25)11(32-18)8-31-33(27,28)29/h9-11,14-15,18,25-26H,2-8H2,1H3,(H,19,20,21)(H2,27,28,29)/t11-,14-,15-,18-/m1/s1. The minimum atomic E-state index is -4.76. The number of anilines is 1. The van der Waals surface area contributed by atoms with Crippen molar-refractivity contribution in [2.24, 2.45) is 0 Å². The van der Waals surface area contributed by atoms with Gasteiger partial charge in [-0.25, -0.2) is 19.5 Å². The summed E-state index contributed by atoms with van der Waals surface area (Å²) in [7, 11) is -4.76. The van der Waals surface area contributed by atoms with Gasteiger partial charge in [0.2, 0.25) is 0 Å². The summed E-state index contributed by atoms with van der Waals surface area (Å²) in [6.07, 6.45) is 0.311. The molecule has 1 fully saturated rings. The highest BCUT2D eigenvalue weighted by Crippen LogP contribution is 2.38. The van der Waals surface area contributed by atoms with Crippen molar-refractivity contribution >= 4 is 30.8 Å². The Morgan fingerprint density at radius 3 is 2.73 bits per heavy atom. The number of carbonyl (C=O) groups is 1. The first kappa shape index (κ1) is 25.4. The number of fused-ring (bicyclic) bond motifs is 1. The Hall–Kier alpha value is -2.19. The van der Waals surface area contributed by atoms with E-state index in [-0.39, 0.29) is 5.97 Å². The third-order valence-corrected chi connectivity index (χ3v) is 5.52. The zero-order valence-electron chi connectivity index (χ0n) is 18.0. The second kappa shape index (κ2) is 11.3. The number of rotatable bonds is 12. The molecular formula is C18H28N5O9P. The SMILES string of the molecule is CCOC(=O)CCCCCNc1ncnc2c1ncn2[C@@H]1O[C@H](COP(=O)(O)O)[C@@H](O)[C@H]1O. The van der Waals surface area contributed by atoms with Crippen LogP contribution in [0.3, 0.4) is 0 Å². The van der Waals surface area contributed by atoms with Gasteiger partial charge >= 0.3 is 13.8 Å². The Bertz CT molecular complexity index is 983. The van der Waals surface area contributed by atoms with Crippen molar-refractivity contribution in [1.29, 1.82) is 0 Å². The van der Waals surface area contributed by atoms with E-state index in [0.717, 1.165) is 19.3 Å². The van der Waals surface area contributed by atoms with Gasteiger partial charge in [-0.15, -0.1) is 0 Å². The van der Waals surface area contributed by atoms with E-state index in [1.807, 2.05) is 0 Å². The van der Waals surface area contributed by atoms with Crippen LogP contribution in [0.5, 0.6) is 0 Å². The third-order valence-electron chi connectivity index (χ3n) is 5.03. The van der Waals surface area contributed by atoms with Crippen LogP contribution in [-0.2, 0) is 23.4 Å². The minimum absolute atomic E-state index is 0.203. The van der Waals surface area contributed by atoms with Gasteiger partial charge in [-0.3, -0.25) is 13.9 Å². The molecule has 5 N–H and O–H groups in total. The van der Waals surface area contributed by atoms with E-state index >= 15 is 0 Å². The zero-order valence-corrected chi connectivity index (χ0v) is 18.9. The van der Waals surface area contributed by atoms with Gasteiger partial charge in [0.15, 0.2) is 23.2 Å². The van der Waals surface area contributed by atoms with Crippen LogP contribution in [0, 0.1) is 0 Å². The van der Waals surface area contributed by atoms with E-state index in [0.29, 0.717) is 36.6 Å². The van der Waals surface area contributed by atoms with Gasteiger partial charge in [-0.2, -0.15) is 0 Å². The van der Waals surface area contributed by atoms with Crippen molar-refractivity contribution in [3.63, 3.8) is 0 Å². The molecule has 2 aromatic rings. The molecule has 0 aromatic carbocycles. The lowest BCUT2D eigenvalue weighted by Crippen LogP contribution is -2.33. The molecular weight excluding hydrogens is 461 g/mol. The lowest BCUT2D eigenvalue weighted by Gasteiger charge is -2.16. The van der Waals surface area contributed by atoms with Crippen LogP contribution in [0.25, 0.3) is 11.2 Å². The van der Waals surface area contributed by atoms with Gasteiger partial charge in [-0.1, -0.05) is 6.42 Å². The van der Waals surface area contributed by atoms with Crippen molar-refractivity contribution in [3.8, 4) is 0 Å². The molecule has 1 saturated heterocycles. The van der Waals surface area contributed by atoms with Crippen LogP contribution in [0.2, 0.25) is 0 Å². The quantitative estimate of drug-likeness (QED) is 0.153. The van der Waals surface area contributed by atoms with Gasteiger partial charge < -0.3 is 34.8 Å². The number of nitrogens with zero attached hydrogens (tertiary/aromatic N) is 4. The first-order valence-corrected chi connectivity index (χ1v) is 12.0. The summed E-state index contributed by atoms with van der Waals surface area (Å²) in [5, 5.41) is 23.7. The number of phosphoric ester groups is 1. The Labute approximate surface area is 189 Å². The van der Waals surface area contributed by atoms with E-state index in [2.05, 4.69) is 24.8 Å². The van der Waals surface area contributed by atoms with E-state index in [1.54, 1.807) is 6.92 Å². The van der Waals surface area contributed by atoms with Crippen molar-refractivity contribution in [1.82, 2.24) is 19.5 Å². The largest absolute Gasteiger partial charge is 0.469 e. The maximum absolute atomic E-state index is 11.3. The molecule has 4 atom stereocenters. The fourth-order valence-electron chi connectivity index (χ4n) is 3.45. The monoisotopic (exact) mass is 489 g/mol. The summed E-state index contributed by atoms with van der Waals surface area (Å²) in [6.45, 7) is 2.13. The highest BCUT2D eigenvalue weighted by molar-refractivity contribution is 7.46. The van der Waals surface area contributed by atoms with Gasteiger partial charge in [-0.05, 0) is 19.8 Å². The van der Waals surface area contributed by atoms with E-state index < -0.39 is 39.0 Å². The molecule has 0 amide bonds. The highest BCUT2D eigenvalue weighted by Gasteiger charge is 2.45. The van der Waals surface area contributed by atoms with Gasteiger partial charge in [0.05, 0.1) is 19.5 Å². The zero-order chi connectivity index (χ0) is 24.0. The Morgan fingerprint density at radius 1 is 1.21 bits per heavy atom. The number of aliphatic hydroxyl groups is 2. The van der Waals surface area contributed by atoms with Crippen molar-refractivity contribution < 1.29 is 43.4 Å². The van der Waals surface area contributed by atoms with Crippen molar-refractivity contribution in [3.05, 3.63) is 12.7 Å². The fraction of sp³-hybridized carbons (Fsp3) is 0.667. The first-order valence-electron chi connectivity index (χ1n) is 10.5. The van der Waals surface area contributed by atoms with Crippen LogP contribution >= 0.6 is 7.82 Å². The van der Waals surface area contributed by atoms with Crippen LogP contribution in [0.4, 0.5) is 5.82 Å². The molecule has 0 bridgehead atoms. The van der Waals surface area contributed by atoms with Gasteiger partial charge in [0.1, 0.15) is 24.6 Å². The maximum Gasteiger partial charge on any atom is 0.469 e. The van der Waals surface area contributed by atoms with E-state index in [4.69, 9.17) is 19.3 Å². The molecule has 0 radical (unpaired) electrons. The first-order chi connectivity index (χ1) is 15.7. The number of ether oxygens (including phenoxy) is 2. The summed E-state index contributed by atoms with van der Waals surface area (Å²) in [5.41, 5.74) is 0.756. The number of nitrogens with one attached hydrogen (secondary N) is 1. The normalized spacial score (nSPS) is 23.2.